The smallest absolute Gasteiger partial charge is 0.228 e. The Kier molecular flexibility index (Phi) is 4.89. The Balaban J connectivity index is 1.79. The van der Waals surface area contributed by atoms with Crippen molar-refractivity contribution >= 4 is 39.2 Å². The molecule has 1 fully saturated rings. The van der Waals surface area contributed by atoms with Gasteiger partial charge >= 0.3 is 0 Å². The zero-order valence-electron chi connectivity index (χ0n) is 12.6. The standard InChI is InChI=1S/C15H15BrFN5O2/c16-10-7-9(5-6-11(10)17)19-13(18)12-14(22-24-21-12)20-15(23)8-3-1-2-4-8/h5-8H,1-4H2,(H2,18,19)(H,20,22,23). The molecular formula is C15H15BrFN5O2. The SMILES string of the molecule is NC(=Nc1ccc(F)c(Br)c1)c1nonc1NC(=O)C1CCCC1. The van der Waals surface area contributed by atoms with Crippen LogP contribution in [0.4, 0.5) is 15.9 Å². The van der Waals surface area contributed by atoms with E-state index in [1.165, 1.54) is 18.2 Å². The molecule has 1 aromatic carbocycles. The lowest BCUT2D eigenvalue weighted by Gasteiger charge is -2.08. The molecule has 0 atom stereocenters. The van der Waals surface area contributed by atoms with Crippen molar-refractivity contribution in [2.75, 3.05) is 5.32 Å². The molecule has 1 aliphatic rings. The molecule has 24 heavy (non-hydrogen) atoms. The Morgan fingerprint density at radius 1 is 1.38 bits per heavy atom. The van der Waals surface area contributed by atoms with E-state index in [9.17, 15) is 9.18 Å². The molecule has 1 heterocycles. The number of hydrogen-bond donors (Lipinski definition) is 2. The van der Waals surface area contributed by atoms with Crippen molar-refractivity contribution in [3.8, 4) is 0 Å². The third-order valence-electron chi connectivity index (χ3n) is 3.85. The molecule has 9 heteroatoms. The van der Waals surface area contributed by atoms with E-state index in [1.54, 1.807) is 0 Å². The van der Waals surface area contributed by atoms with Crippen molar-refractivity contribution in [2.45, 2.75) is 25.7 Å². The lowest BCUT2D eigenvalue weighted by Crippen LogP contribution is -2.23. The van der Waals surface area contributed by atoms with Gasteiger partial charge in [0.25, 0.3) is 0 Å². The third-order valence-corrected chi connectivity index (χ3v) is 4.46. The fourth-order valence-electron chi connectivity index (χ4n) is 2.59. The highest BCUT2D eigenvalue weighted by Gasteiger charge is 2.25. The second-order valence-electron chi connectivity index (χ2n) is 5.53. The van der Waals surface area contributed by atoms with Crippen molar-refractivity contribution in [2.24, 2.45) is 16.6 Å². The number of rotatable bonds is 4. The van der Waals surface area contributed by atoms with Crippen molar-refractivity contribution in [1.82, 2.24) is 10.3 Å². The van der Waals surface area contributed by atoms with E-state index in [4.69, 9.17) is 5.73 Å². The Morgan fingerprint density at radius 2 is 2.12 bits per heavy atom. The first-order valence-electron chi connectivity index (χ1n) is 7.47. The monoisotopic (exact) mass is 395 g/mol. The fraction of sp³-hybridized carbons (Fsp3) is 0.333. The van der Waals surface area contributed by atoms with Crippen LogP contribution in [0, 0.1) is 11.7 Å². The summed E-state index contributed by atoms with van der Waals surface area (Å²) in [4.78, 5) is 16.3. The maximum Gasteiger partial charge on any atom is 0.228 e. The maximum atomic E-state index is 13.3. The topological polar surface area (TPSA) is 106 Å². The molecule has 0 bridgehead atoms. The van der Waals surface area contributed by atoms with Crippen LogP contribution in [0.3, 0.4) is 0 Å². The van der Waals surface area contributed by atoms with Gasteiger partial charge in [-0.1, -0.05) is 12.8 Å². The van der Waals surface area contributed by atoms with E-state index in [0.717, 1.165) is 25.7 Å². The molecule has 0 aliphatic heterocycles. The number of nitrogens with one attached hydrogen (secondary N) is 1. The van der Waals surface area contributed by atoms with Gasteiger partial charge in [-0.3, -0.25) is 4.79 Å². The van der Waals surface area contributed by atoms with Crippen molar-refractivity contribution in [1.29, 1.82) is 0 Å². The maximum absolute atomic E-state index is 13.3. The number of halogens is 2. The van der Waals surface area contributed by atoms with Crippen LogP contribution >= 0.6 is 15.9 Å². The molecule has 3 rings (SSSR count). The Labute approximate surface area is 145 Å². The number of hydrogen-bond acceptors (Lipinski definition) is 5. The van der Waals surface area contributed by atoms with Crippen molar-refractivity contribution in [3.05, 3.63) is 34.2 Å². The van der Waals surface area contributed by atoms with Gasteiger partial charge in [0.15, 0.2) is 11.5 Å². The van der Waals surface area contributed by atoms with Crippen molar-refractivity contribution < 1.29 is 13.8 Å². The minimum Gasteiger partial charge on any atom is -0.382 e. The van der Waals surface area contributed by atoms with Gasteiger partial charge in [0.1, 0.15) is 5.82 Å². The lowest BCUT2D eigenvalue weighted by molar-refractivity contribution is -0.119. The first-order valence-corrected chi connectivity index (χ1v) is 8.27. The van der Waals surface area contributed by atoms with Crippen LogP contribution in [-0.2, 0) is 4.79 Å². The van der Waals surface area contributed by atoms with Gasteiger partial charge in [-0.05, 0) is 57.3 Å². The van der Waals surface area contributed by atoms with Gasteiger partial charge < -0.3 is 11.1 Å². The van der Waals surface area contributed by atoms with E-state index in [1.807, 2.05) is 0 Å². The number of anilines is 1. The van der Waals surface area contributed by atoms with Crippen LogP contribution in [0.2, 0.25) is 0 Å². The molecule has 0 unspecified atom stereocenters. The van der Waals surface area contributed by atoms with E-state index >= 15 is 0 Å². The molecule has 0 saturated heterocycles. The molecule has 3 N–H and O–H groups in total. The molecule has 0 spiro atoms. The number of aromatic nitrogens is 2. The average molecular weight is 396 g/mol. The largest absolute Gasteiger partial charge is 0.382 e. The summed E-state index contributed by atoms with van der Waals surface area (Å²) in [5, 5.41) is 10.0. The van der Waals surface area contributed by atoms with Crippen LogP contribution in [0.5, 0.6) is 0 Å². The molecule has 126 valence electrons. The van der Waals surface area contributed by atoms with Gasteiger partial charge in [0, 0.05) is 5.92 Å². The number of carbonyl (C=O) groups excluding carboxylic acids is 1. The minimum atomic E-state index is -0.403. The fourth-order valence-corrected chi connectivity index (χ4v) is 2.96. The molecule has 7 nitrogen and oxygen atoms in total. The van der Waals surface area contributed by atoms with Crippen LogP contribution in [-0.4, -0.2) is 22.1 Å². The van der Waals surface area contributed by atoms with E-state index in [0.29, 0.717) is 5.69 Å². The number of nitrogens with zero attached hydrogens (tertiary/aromatic N) is 3. The van der Waals surface area contributed by atoms with Gasteiger partial charge in [-0.25, -0.2) is 14.0 Å². The number of nitrogens with two attached hydrogens (primary N) is 1. The Bertz CT molecular complexity index is 786. The van der Waals surface area contributed by atoms with Crippen LogP contribution in [0.1, 0.15) is 31.4 Å². The molecule has 1 saturated carbocycles. The zero-order valence-corrected chi connectivity index (χ0v) is 14.2. The lowest BCUT2D eigenvalue weighted by atomic mass is 10.1. The predicted octanol–water partition coefficient (Wildman–Crippen LogP) is 3.14. The van der Waals surface area contributed by atoms with Gasteiger partial charge in [0.05, 0.1) is 10.2 Å². The summed E-state index contributed by atoms with van der Waals surface area (Å²) in [5.41, 5.74) is 6.48. The molecular weight excluding hydrogens is 381 g/mol. The number of amides is 1. The van der Waals surface area contributed by atoms with Crippen LogP contribution < -0.4 is 11.1 Å². The molecule has 0 radical (unpaired) electrons. The minimum absolute atomic E-state index is 0.0106. The summed E-state index contributed by atoms with van der Waals surface area (Å²) in [5.74, 6) is -0.409. The van der Waals surface area contributed by atoms with Gasteiger partial charge in [-0.15, -0.1) is 0 Å². The van der Waals surface area contributed by atoms with E-state index in [2.05, 4.69) is 41.2 Å². The summed E-state index contributed by atoms with van der Waals surface area (Å²) < 4.78 is 18.2. The Hall–Kier alpha value is -2.29. The second kappa shape index (κ2) is 7.08. The van der Waals surface area contributed by atoms with E-state index < -0.39 is 5.82 Å². The molecule has 2 aromatic rings. The van der Waals surface area contributed by atoms with Crippen molar-refractivity contribution in [3.63, 3.8) is 0 Å². The van der Waals surface area contributed by atoms with Crippen LogP contribution in [0.25, 0.3) is 0 Å². The first-order chi connectivity index (χ1) is 11.5. The summed E-state index contributed by atoms with van der Waals surface area (Å²) in [6.45, 7) is 0. The number of carbonyl (C=O) groups is 1. The quantitative estimate of drug-likeness (QED) is 0.610. The summed E-state index contributed by atoms with van der Waals surface area (Å²) in [7, 11) is 0. The van der Waals surface area contributed by atoms with Gasteiger partial charge in [-0.2, -0.15) is 0 Å². The summed E-state index contributed by atoms with van der Waals surface area (Å²) in [6, 6.07) is 4.21. The third kappa shape index (κ3) is 3.61. The number of benzene rings is 1. The van der Waals surface area contributed by atoms with Crippen LogP contribution in [0.15, 0.2) is 32.3 Å². The normalized spacial score (nSPS) is 15.7. The highest BCUT2D eigenvalue weighted by Crippen LogP contribution is 2.26. The first kappa shape index (κ1) is 16.6. The summed E-state index contributed by atoms with van der Waals surface area (Å²) in [6.07, 6.45) is 3.81. The van der Waals surface area contributed by atoms with Gasteiger partial charge in [0.2, 0.25) is 11.7 Å². The Morgan fingerprint density at radius 3 is 2.83 bits per heavy atom. The van der Waals surface area contributed by atoms with E-state index in [-0.39, 0.29) is 33.6 Å². The molecule has 1 aliphatic carbocycles. The number of amidine groups is 1. The zero-order chi connectivity index (χ0) is 17.1. The average Bonchev–Trinajstić information content (AvgIpc) is 3.22. The molecule has 1 aromatic heterocycles. The highest BCUT2D eigenvalue weighted by molar-refractivity contribution is 9.10. The number of aliphatic imine (C=N–C) groups is 1. The second-order valence-corrected chi connectivity index (χ2v) is 6.38. The molecule has 1 amide bonds. The summed E-state index contributed by atoms with van der Waals surface area (Å²) >= 11 is 3.08. The highest BCUT2D eigenvalue weighted by atomic mass is 79.9. The predicted molar refractivity (Wildman–Crippen MR) is 89.4 cm³/mol.